The number of carbonyl (C=O) groups excluding carboxylic acids is 2. The van der Waals surface area contributed by atoms with Gasteiger partial charge in [-0.15, -0.1) is 0 Å². The molecular weight excluding hydrogens is 420 g/mol. The highest BCUT2D eigenvalue weighted by atomic mass is 16.3. The quantitative estimate of drug-likeness (QED) is 0.0895. The van der Waals surface area contributed by atoms with Gasteiger partial charge in [0.1, 0.15) is 11.6 Å². The maximum Gasteiger partial charge on any atom is 0.140 e. The van der Waals surface area contributed by atoms with Gasteiger partial charge in [-0.25, -0.2) is 0 Å². The summed E-state index contributed by atoms with van der Waals surface area (Å²) in [6.07, 6.45) is 28.8. The number of carbonyl (C=O) groups is 2. The minimum Gasteiger partial charge on any atom is -0.393 e. The number of hydrogen-bond acceptors (Lipinski definition) is 3. The summed E-state index contributed by atoms with van der Waals surface area (Å²) >= 11 is 0. The van der Waals surface area contributed by atoms with Crippen LogP contribution in [0.15, 0.2) is 0 Å². The number of aliphatic hydroxyl groups is 1. The smallest absolute Gasteiger partial charge is 0.140 e. The number of Topliss-reactive ketones (excluding diaryl/α,β-unsaturated/α-hetero) is 2. The van der Waals surface area contributed by atoms with Crippen LogP contribution in [0.4, 0.5) is 0 Å². The second kappa shape index (κ2) is 26.9. The predicted octanol–water partition coefficient (Wildman–Crippen LogP) is 9.67. The van der Waals surface area contributed by atoms with E-state index in [1.807, 2.05) is 0 Å². The van der Waals surface area contributed by atoms with Gasteiger partial charge >= 0.3 is 0 Å². The molecule has 0 aromatic carbocycles. The summed E-state index contributed by atoms with van der Waals surface area (Å²) in [4.78, 5) is 24.1. The molecule has 0 aliphatic rings. The zero-order valence-electron chi connectivity index (χ0n) is 23.2. The molecule has 202 valence electrons. The van der Waals surface area contributed by atoms with Crippen molar-refractivity contribution in [3.05, 3.63) is 0 Å². The van der Waals surface area contributed by atoms with E-state index >= 15 is 0 Å². The van der Waals surface area contributed by atoms with E-state index in [4.69, 9.17) is 0 Å². The van der Waals surface area contributed by atoms with Crippen molar-refractivity contribution in [2.24, 2.45) is 0 Å². The van der Waals surface area contributed by atoms with Crippen LogP contribution in [0.3, 0.4) is 0 Å². The third kappa shape index (κ3) is 25.9. The van der Waals surface area contributed by atoms with Crippen LogP contribution < -0.4 is 0 Å². The van der Waals surface area contributed by atoms with Gasteiger partial charge in [-0.05, 0) is 25.7 Å². The molecule has 1 N–H and O–H groups in total. The van der Waals surface area contributed by atoms with Crippen LogP contribution in [0.5, 0.6) is 0 Å². The van der Waals surface area contributed by atoms with E-state index in [-0.39, 0.29) is 24.1 Å². The van der Waals surface area contributed by atoms with Gasteiger partial charge in [0, 0.05) is 12.8 Å². The summed E-state index contributed by atoms with van der Waals surface area (Å²) in [5.74, 6) is 0.210. The molecule has 34 heavy (non-hydrogen) atoms. The number of unbranched alkanes of at least 4 members (excludes halogenated alkanes) is 18. The van der Waals surface area contributed by atoms with E-state index in [1.54, 1.807) is 0 Å². The van der Waals surface area contributed by atoms with Gasteiger partial charge in [-0.1, -0.05) is 136 Å². The van der Waals surface area contributed by atoms with Crippen LogP contribution in [-0.4, -0.2) is 22.8 Å². The van der Waals surface area contributed by atoms with E-state index in [9.17, 15) is 14.7 Å². The van der Waals surface area contributed by atoms with Crippen LogP contribution in [0.2, 0.25) is 0 Å². The molecule has 0 aliphatic carbocycles. The first kappa shape index (κ1) is 33.3. The van der Waals surface area contributed by atoms with Crippen LogP contribution in [0, 0.1) is 0 Å². The van der Waals surface area contributed by atoms with E-state index in [0.29, 0.717) is 12.8 Å². The first-order valence-corrected chi connectivity index (χ1v) is 15.3. The average molecular weight is 481 g/mol. The summed E-state index contributed by atoms with van der Waals surface area (Å²) in [6, 6.07) is 0. The van der Waals surface area contributed by atoms with Crippen LogP contribution in [-0.2, 0) is 9.59 Å². The van der Waals surface area contributed by atoms with Gasteiger partial charge in [0.15, 0.2) is 0 Å². The highest BCUT2D eigenvalue weighted by molar-refractivity contribution is 5.98. The maximum absolute atomic E-state index is 12.0. The Labute approximate surface area is 213 Å². The van der Waals surface area contributed by atoms with Crippen molar-refractivity contribution in [3.8, 4) is 0 Å². The van der Waals surface area contributed by atoms with Gasteiger partial charge in [-0.2, -0.15) is 0 Å². The van der Waals surface area contributed by atoms with Crippen molar-refractivity contribution in [1.82, 2.24) is 0 Å². The maximum atomic E-state index is 12.0. The van der Waals surface area contributed by atoms with Crippen molar-refractivity contribution in [2.75, 3.05) is 0 Å². The molecule has 0 aliphatic heterocycles. The Kier molecular flexibility index (Phi) is 26.3. The lowest BCUT2D eigenvalue weighted by molar-refractivity contribution is -0.127. The summed E-state index contributed by atoms with van der Waals surface area (Å²) < 4.78 is 0. The second-order valence-corrected chi connectivity index (χ2v) is 10.7. The van der Waals surface area contributed by atoms with Crippen LogP contribution >= 0.6 is 0 Å². The molecule has 3 heteroatoms. The SMILES string of the molecule is CCCCCCCCCCCCCCCC(=O)CC(=O)CCCC[C@H](O)CCCCCCCC. The third-order valence-electron chi connectivity index (χ3n) is 7.09. The highest BCUT2D eigenvalue weighted by Gasteiger charge is 2.10. The van der Waals surface area contributed by atoms with Crippen molar-refractivity contribution in [3.63, 3.8) is 0 Å². The van der Waals surface area contributed by atoms with E-state index in [2.05, 4.69) is 13.8 Å². The van der Waals surface area contributed by atoms with Gasteiger partial charge in [0.05, 0.1) is 12.5 Å². The molecular formula is C31H60O3. The molecule has 0 aromatic rings. The second-order valence-electron chi connectivity index (χ2n) is 10.7. The van der Waals surface area contributed by atoms with Crippen molar-refractivity contribution in [2.45, 2.75) is 187 Å². The number of ketones is 2. The molecule has 0 heterocycles. The Morgan fingerprint density at radius 3 is 1.18 bits per heavy atom. The fourth-order valence-electron chi connectivity index (χ4n) is 4.74. The number of rotatable bonds is 28. The lowest BCUT2D eigenvalue weighted by atomic mass is 10.0. The minimum absolute atomic E-state index is 0.0881. The van der Waals surface area contributed by atoms with E-state index < -0.39 is 0 Å². The highest BCUT2D eigenvalue weighted by Crippen LogP contribution is 2.15. The number of hydrogen-bond donors (Lipinski definition) is 1. The fraction of sp³-hybridized carbons (Fsp3) is 0.935. The molecule has 1 atom stereocenters. The van der Waals surface area contributed by atoms with Crippen molar-refractivity contribution >= 4 is 11.6 Å². The molecule has 3 nitrogen and oxygen atoms in total. The Morgan fingerprint density at radius 1 is 0.471 bits per heavy atom. The summed E-state index contributed by atoms with van der Waals surface area (Å²) in [5, 5.41) is 10.1. The molecule has 0 rings (SSSR count). The van der Waals surface area contributed by atoms with Crippen LogP contribution in [0.25, 0.3) is 0 Å². The Bertz CT molecular complexity index is 446. The normalized spacial score (nSPS) is 12.2. The van der Waals surface area contributed by atoms with E-state index in [0.717, 1.165) is 44.9 Å². The van der Waals surface area contributed by atoms with Gasteiger partial charge in [0.2, 0.25) is 0 Å². The average Bonchev–Trinajstić information content (AvgIpc) is 2.82. The van der Waals surface area contributed by atoms with Gasteiger partial charge in [-0.3, -0.25) is 9.59 Å². The summed E-state index contributed by atoms with van der Waals surface area (Å²) in [5.41, 5.74) is 0. The standard InChI is InChI=1S/C31H60O3/c1-3-5-7-9-11-12-13-14-15-16-17-19-21-26-30(33)28-31(34)27-23-22-25-29(32)24-20-18-10-8-6-4-2/h29,32H,3-28H2,1-2H3/t29-/m1/s1. The lowest BCUT2D eigenvalue weighted by Crippen LogP contribution is -2.09. The lowest BCUT2D eigenvalue weighted by Gasteiger charge is -2.10. The Hall–Kier alpha value is -0.700. The molecule has 0 unspecified atom stereocenters. The minimum atomic E-state index is -0.224. The molecule has 0 aromatic heterocycles. The monoisotopic (exact) mass is 480 g/mol. The first-order chi connectivity index (χ1) is 16.6. The van der Waals surface area contributed by atoms with Crippen molar-refractivity contribution in [1.29, 1.82) is 0 Å². The van der Waals surface area contributed by atoms with Crippen molar-refractivity contribution < 1.29 is 14.7 Å². The molecule has 0 saturated heterocycles. The molecule has 0 saturated carbocycles. The molecule has 0 bridgehead atoms. The first-order valence-electron chi connectivity index (χ1n) is 15.3. The zero-order valence-corrected chi connectivity index (χ0v) is 23.2. The summed E-state index contributed by atoms with van der Waals surface area (Å²) in [7, 11) is 0. The van der Waals surface area contributed by atoms with E-state index in [1.165, 1.54) is 103 Å². The molecule has 0 amide bonds. The van der Waals surface area contributed by atoms with Crippen LogP contribution in [0.1, 0.15) is 181 Å². The third-order valence-corrected chi connectivity index (χ3v) is 7.09. The molecule has 0 spiro atoms. The fourth-order valence-corrected chi connectivity index (χ4v) is 4.74. The van der Waals surface area contributed by atoms with Gasteiger partial charge < -0.3 is 5.11 Å². The molecule has 0 radical (unpaired) electrons. The Morgan fingerprint density at radius 2 is 0.765 bits per heavy atom. The predicted molar refractivity (Wildman–Crippen MR) is 147 cm³/mol. The number of aliphatic hydroxyl groups excluding tert-OH is 1. The topological polar surface area (TPSA) is 54.4 Å². The molecule has 0 fully saturated rings. The summed E-state index contributed by atoms with van der Waals surface area (Å²) in [6.45, 7) is 4.49. The zero-order chi connectivity index (χ0) is 25.1. The largest absolute Gasteiger partial charge is 0.393 e. The van der Waals surface area contributed by atoms with Gasteiger partial charge in [0.25, 0.3) is 0 Å². The Balaban J connectivity index is 3.40.